The van der Waals surface area contributed by atoms with Crippen LogP contribution in [-0.2, 0) is 15.0 Å². The Balaban J connectivity index is 2.19. The van der Waals surface area contributed by atoms with E-state index in [1.807, 2.05) is 0 Å². The molecule has 178 valence electrons. The summed E-state index contributed by atoms with van der Waals surface area (Å²) in [5, 5.41) is 32.0. The first kappa shape index (κ1) is 24.4. The summed E-state index contributed by atoms with van der Waals surface area (Å²) in [7, 11) is 0. The minimum absolute atomic E-state index is 0.0489. The van der Waals surface area contributed by atoms with E-state index < -0.39 is 22.3 Å². The van der Waals surface area contributed by atoms with Gasteiger partial charge in [0.15, 0.2) is 0 Å². The van der Waals surface area contributed by atoms with Crippen LogP contribution < -0.4 is 0 Å². The first-order chi connectivity index (χ1) is 15.6. The van der Waals surface area contributed by atoms with E-state index in [1.165, 1.54) is 24.6 Å². The Labute approximate surface area is 193 Å². The third-order valence-electron chi connectivity index (χ3n) is 6.98. The normalized spacial score (nSPS) is 19.1. The highest BCUT2D eigenvalue weighted by Crippen LogP contribution is 2.50. The number of hydrogen-bond acceptors (Lipinski definition) is 6. The molecule has 2 N–H and O–H groups in total. The van der Waals surface area contributed by atoms with Crippen LogP contribution >= 0.6 is 0 Å². The van der Waals surface area contributed by atoms with Crippen molar-refractivity contribution >= 4 is 17.6 Å². The lowest BCUT2D eigenvalue weighted by molar-refractivity contribution is -0.385. The molecule has 0 spiro atoms. The van der Waals surface area contributed by atoms with E-state index in [2.05, 4.69) is 4.90 Å². The molecular formula is C24H31N3O6. The number of benzene rings is 1. The first-order valence-electron chi connectivity index (χ1n) is 11.3. The number of allylic oxidation sites excluding steroid dienone is 2. The van der Waals surface area contributed by atoms with Gasteiger partial charge >= 0.3 is 11.9 Å². The van der Waals surface area contributed by atoms with Gasteiger partial charge in [0.2, 0.25) is 0 Å². The van der Waals surface area contributed by atoms with Crippen molar-refractivity contribution in [1.82, 2.24) is 9.80 Å². The van der Waals surface area contributed by atoms with Crippen molar-refractivity contribution in [3.8, 4) is 0 Å². The SMILES string of the molecule is CCC1(c2cccc([N+](=O)[O-])c2)C(C(=O)O)=C(C)N(CCN2CCCCC2)C(C)=C1C(=O)O. The van der Waals surface area contributed by atoms with Gasteiger partial charge in [-0.15, -0.1) is 0 Å². The average molecular weight is 458 g/mol. The maximum atomic E-state index is 12.6. The number of nitro groups is 1. The maximum Gasteiger partial charge on any atom is 0.334 e. The Morgan fingerprint density at radius 2 is 1.61 bits per heavy atom. The lowest BCUT2D eigenvalue weighted by Gasteiger charge is -2.45. The van der Waals surface area contributed by atoms with E-state index in [4.69, 9.17) is 0 Å². The molecule has 0 aliphatic carbocycles. The quantitative estimate of drug-likeness (QED) is 0.447. The Morgan fingerprint density at radius 1 is 1.03 bits per heavy atom. The molecule has 1 aromatic rings. The number of carboxylic acids is 2. The van der Waals surface area contributed by atoms with Crippen molar-refractivity contribution in [2.24, 2.45) is 0 Å². The number of carboxylic acid groups (broad SMARTS) is 2. The van der Waals surface area contributed by atoms with Gasteiger partial charge in [0, 0.05) is 36.6 Å². The van der Waals surface area contributed by atoms with Gasteiger partial charge in [-0.1, -0.05) is 25.5 Å². The third kappa shape index (κ3) is 4.37. The molecule has 0 unspecified atom stereocenters. The molecule has 0 aromatic heterocycles. The summed E-state index contributed by atoms with van der Waals surface area (Å²) in [6, 6.07) is 5.65. The summed E-state index contributed by atoms with van der Waals surface area (Å²) in [5.74, 6) is -2.45. The smallest absolute Gasteiger partial charge is 0.334 e. The largest absolute Gasteiger partial charge is 0.478 e. The van der Waals surface area contributed by atoms with Gasteiger partial charge in [-0.05, 0) is 51.8 Å². The van der Waals surface area contributed by atoms with Gasteiger partial charge in [0.05, 0.1) is 21.5 Å². The Morgan fingerprint density at radius 3 is 2.09 bits per heavy atom. The predicted molar refractivity (Wildman–Crippen MR) is 123 cm³/mol. The van der Waals surface area contributed by atoms with E-state index in [9.17, 15) is 29.9 Å². The molecule has 2 heterocycles. The number of nitro benzene ring substituents is 1. The van der Waals surface area contributed by atoms with Gasteiger partial charge in [-0.25, -0.2) is 9.59 Å². The summed E-state index contributed by atoms with van der Waals surface area (Å²) in [4.78, 5) is 40.2. The van der Waals surface area contributed by atoms with Crippen LogP contribution in [0, 0.1) is 10.1 Å². The average Bonchev–Trinajstić information content (AvgIpc) is 2.78. The molecule has 9 nitrogen and oxygen atoms in total. The minimum Gasteiger partial charge on any atom is -0.478 e. The summed E-state index contributed by atoms with van der Waals surface area (Å²) < 4.78 is 0. The molecule has 0 amide bonds. The molecule has 0 radical (unpaired) electrons. The first-order valence-corrected chi connectivity index (χ1v) is 11.3. The predicted octanol–water partition coefficient (Wildman–Crippen LogP) is 3.76. The van der Waals surface area contributed by atoms with E-state index in [1.54, 1.807) is 31.7 Å². The lowest BCUT2D eigenvalue weighted by Crippen LogP contribution is -2.47. The number of rotatable bonds is 8. The molecule has 2 aliphatic rings. The fourth-order valence-corrected chi connectivity index (χ4v) is 5.43. The van der Waals surface area contributed by atoms with Crippen LogP contribution in [0.25, 0.3) is 0 Å². The Kier molecular flexibility index (Phi) is 7.22. The number of piperidine rings is 1. The lowest BCUT2D eigenvalue weighted by atomic mass is 9.64. The Hall–Kier alpha value is -3.20. The molecule has 2 aliphatic heterocycles. The Bertz CT molecular complexity index is 985. The highest BCUT2D eigenvalue weighted by atomic mass is 16.6. The van der Waals surface area contributed by atoms with E-state index in [0.29, 0.717) is 30.0 Å². The summed E-state index contributed by atoms with van der Waals surface area (Å²) in [6.45, 7) is 8.24. The van der Waals surface area contributed by atoms with Crippen LogP contribution in [0.4, 0.5) is 5.69 Å². The van der Waals surface area contributed by atoms with E-state index >= 15 is 0 Å². The van der Waals surface area contributed by atoms with Crippen LogP contribution in [0.3, 0.4) is 0 Å². The third-order valence-corrected chi connectivity index (χ3v) is 6.98. The fourth-order valence-electron chi connectivity index (χ4n) is 5.43. The molecule has 3 rings (SSSR count). The van der Waals surface area contributed by atoms with Crippen LogP contribution in [0.2, 0.25) is 0 Å². The molecule has 1 saturated heterocycles. The summed E-state index contributed by atoms with van der Waals surface area (Å²) in [6.07, 6.45) is 3.57. The van der Waals surface area contributed by atoms with E-state index in [0.717, 1.165) is 25.9 Å². The van der Waals surface area contributed by atoms with Crippen LogP contribution in [0.15, 0.2) is 46.8 Å². The summed E-state index contributed by atoms with van der Waals surface area (Å²) in [5.41, 5.74) is -0.592. The zero-order valence-corrected chi connectivity index (χ0v) is 19.3. The zero-order chi connectivity index (χ0) is 24.3. The highest BCUT2D eigenvalue weighted by molar-refractivity contribution is 6.00. The highest BCUT2D eigenvalue weighted by Gasteiger charge is 2.51. The van der Waals surface area contributed by atoms with Crippen LogP contribution in [0.1, 0.15) is 52.0 Å². The number of aliphatic carboxylic acids is 2. The van der Waals surface area contributed by atoms with Crippen molar-refractivity contribution in [2.75, 3.05) is 26.2 Å². The molecule has 1 fully saturated rings. The van der Waals surface area contributed by atoms with Crippen molar-refractivity contribution < 1.29 is 24.7 Å². The molecule has 0 bridgehead atoms. The molecule has 0 saturated carbocycles. The van der Waals surface area contributed by atoms with Gasteiger partial charge in [0.25, 0.3) is 5.69 Å². The number of hydrogen-bond donors (Lipinski definition) is 2. The van der Waals surface area contributed by atoms with Crippen molar-refractivity contribution in [1.29, 1.82) is 0 Å². The molecule has 0 atom stereocenters. The maximum absolute atomic E-state index is 12.6. The monoisotopic (exact) mass is 457 g/mol. The van der Waals surface area contributed by atoms with Crippen molar-refractivity contribution in [3.05, 3.63) is 62.5 Å². The topological polar surface area (TPSA) is 124 Å². The van der Waals surface area contributed by atoms with E-state index in [-0.39, 0.29) is 23.3 Å². The van der Waals surface area contributed by atoms with Gasteiger partial charge in [0.1, 0.15) is 0 Å². The number of likely N-dealkylation sites (tertiary alicyclic amines) is 1. The second-order valence-electron chi connectivity index (χ2n) is 8.65. The fraction of sp³-hybridized carbons (Fsp3) is 0.500. The number of non-ortho nitro benzene ring substituents is 1. The van der Waals surface area contributed by atoms with Gasteiger partial charge < -0.3 is 20.0 Å². The molecule has 33 heavy (non-hydrogen) atoms. The van der Waals surface area contributed by atoms with Crippen molar-refractivity contribution in [3.63, 3.8) is 0 Å². The molecular weight excluding hydrogens is 426 g/mol. The molecule has 9 heteroatoms. The zero-order valence-electron chi connectivity index (χ0n) is 19.3. The molecule has 1 aromatic carbocycles. The summed E-state index contributed by atoms with van der Waals surface area (Å²) >= 11 is 0. The second kappa shape index (κ2) is 9.74. The van der Waals surface area contributed by atoms with Gasteiger partial charge in [-0.2, -0.15) is 0 Å². The number of carbonyl (C=O) groups is 2. The minimum atomic E-state index is -1.51. The number of nitrogens with zero attached hydrogens (tertiary/aromatic N) is 3. The van der Waals surface area contributed by atoms with Crippen LogP contribution in [0.5, 0.6) is 0 Å². The van der Waals surface area contributed by atoms with Crippen LogP contribution in [-0.4, -0.2) is 63.1 Å². The van der Waals surface area contributed by atoms with Crippen molar-refractivity contribution in [2.45, 2.75) is 51.9 Å². The standard InChI is InChI=1S/C24H31N3O6/c1-4-24(18-9-8-10-19(15-18)27(32)33)20(22(28)29)16(2)26(17(3)21(24)23(30)31)14-13-25-11-6-5-7-12-25/h8-10,15H,4-7,11-14H2,1-3H3,(H,28,29)(H,30,31). The van der Waals surface area contributed by atoms with Gasteiger partial charge in [-0.3, -0.25) is 10.1 Å². The second-order valence-corrected chi connectivity index (χ2v) is 8.65.